The van der Waals surface area contributed by atoms with Crippen LogP contribution in [0.1, 0.15) is 17.2 Å². The quantitative estimate of drug-likeness (QED) is 0.578. The van der Waals surface area contributed by atoms with Crippen molar-refractivity contribution in [2.45, 2.75) is 19.1 Å². The number of rotatable bonds is 3. The molecule has 0 saturated carbocycles. The lowest BCUT2D eigenvalue weighted by molar-refractivity contribution is -0.126. The third-order valence-corrected chi connectivity index (χ3v) is 5.99. The van der Waals surface area contributed by atoms with Gasteiger partial charge >= 0.3 is 0 Å². The van der Waals surface area contributed by atoms with Crippen LogP contribution in [0.4, 0.5) is 11.4 Å². The fourth-order valence-corrected chi connectivity index (χ4v) is 4.44. The first-order valence-electron chi connectivity index (χ1n) is 9.76. The molecule has 2 saturated heterocycles. The van der Waals surface area contributed by atoms with Gasteiger partial charge in [-0.3, -0.25) is 14.4 Å². The van der Waals surface area contributed by atoms with Crippen molar-refractivity contribution in [3.8, 4) is 0 Å². The van der Waals surface area contributed by atoms with Crippen LogP contribution in [0.5, 0.6) is 0 Å². The lowest BCUT2D eigenvalue weighted by Crippen LogP contribution is -2.37. The Labute approximate surface area is 179 Å². The Morgan fingerprint density at radius 2 is 1.47 bits per heavy atom. The van der Waals surface area contributed by atoms with Crippen LogP contribution in [-0.2, 0) is 14.4 Å². The van der Waals surface area contributed by atoms with Gasteiger partial charge in [0, 0.05) is 5.02 Å². The first-order chi connectivity index (χ1) is 14.6. The van der Waals surface area contributed by atoms with Crippen LogP contribution in [-0.4, -0.2) is 17.9 Å². The minimum Gasteiger partial charge on any atom is -0.273 e. The van der Waals surface area contributed by atoms with E-state index in [9.17, 15) is 9.59 Å². The molecule has 0 bridgehead atoms. The predicted molar refractivity (Wildman–Crippen MR) is 115 cm³/mol. The van der Waals surface area contributed by atoms with Crippen molar-refractivity contribution in [3.05, 3.63) is 95.0 Å². The molecule has 3 unspecified atom stereocenters. The van der Waals surface area contributed by atoms with Gasteiger partial charge in [0.2, 0.25) is 5.91 Å². The van der Waals surface area contributed by atoms with Crippen molar-refractivity contribution in [1.82, 2.24) is 0 Å². The number of hydrogen-bond acceptors (Lipinski definition) is 4. The Morgan fingerprint density at radius 1 is 0.800 bits per heavy atom. The lowest BCUT2D eigenvalue weighted by atomic mass is 9.90. The van der Waals surface area contributed by atoms with Gasteiger partial charge in [0.15, 0.2) is 6.10 Å². The van der Waals surface area contributed by atoms with Crippen LogP contribution in [0.2, 0.25) is 5.02 Å². The minimum atomic E-state index is -0.903. The van der Waals surface area contributed by atoms with Gasteiger partial charge in [0.25, 0.3) is 5.91 Å². The molecule has 2 fully saturated rings. The summed E-state index contributed by atoms with van der Waals surface area (Å²) >= 11 is 6.51. The zero-order valence-corrected chi connectivity index (χ0v) is 17.0. The number of para-hydroxylation sites is 1. The van der Waals surface area contributed by atoms with E-state index >= 15 is 0 Å². The SMILES string of the molecule is Cc1ccc(N2C(=O)C3ON(c4ccccc4)C(c4ccccc4Cl)C3C2=O)cc1. The summed E-state index contributed by atoms with van der Waals surface area (Å²) in [4.78, 5) is 34.1. The molecule has 2 amide bonds. The number of anilines is 2. The summed E-state index contributed by atoms with van der Waals surface area (Å²) in [7, 11) is 0. The molecule has 6 heteroatoms. The molecule has 2 heterocycles. The molecule has 2 aliphatic heterocycles. The van der Waals surface area contributed by atoms with Crippen LogP contribution >= 0.6 is 11.6 Å². The molecule has 2 aliphatic rings. The Balaban J connectivity index is 1.60. The van der Waals surface area contributed by atoms with Crippen molar-refractivity contribution < 1.29 is 14.4 Å². The van der Waals surface area contributed by atoms with Crippen LogP contribution in [0.3, 0.4) is 0 Å². The zero-order valence-electron chi connectivity index (χ0n) is 16.2. The molecule has 5 nitrogen and oxygen atoms in total. The largest absolute Gasteiger partial charge is 0.273 e. The number of nitrogens with zero attached hydrogens (tertiary/aromatic N) is 2. The smallest absolute Gasteiger partial charge is 0.266 e. The molecular formula is C24H19ClN2O3. The maximum Gasteiger partial charge on any atom is 0.266 e. The summed E-state index contributed by atoms with van der Waals surface area (Å²) < 4.78 is 0. The lowest BCUT2D eigenvalue weighted by Gasteiger charge is -2.29. The number of carbonyl (C=O) groups is 2. The second-order valence-corrected chi connectivity index (χ2v) is 7.93. The van der Waals surface area contributed by atoms with Crippen LogP contribution in [0, 0.1) is 12.8 Å². The molecule has 3 aromatic carbocycles. The standard InChI is InChI=1S/C24H19ClN2O3/c1-15-11-13-16(14-12-15)26-23(28)20-21(18-9-5-6-10-19(18)25)27(30-22(20)24(26)29)17-7-3-2-4-8-17/h2-14,20-22H,1H3. The summed E-state index contributed by atoms with van der Waals surface area (Å²) in [5, 5.41) is 2.18. The molecule has 0 N–H and O–H groups in total. The molecule has 0 aliphatic carbocycles. The highest BCUT2D eigenvalue weighted by Gasteiger charge is 2.60. The van der Waals surface area contributed by atoms with E-state index in [0.29, 0.717) is 10.7 Å². The third kappa shape index (κ3) is 2.90. The Kier molecular flexibility index (Phi) is 4.57. The van der Waals surface area contributed by atoms with E-state index in [1.807, 2.05) is 67.6 Å². The van der Waals surface area contributed by atoms with Crippen LogP contribution in [0.25, 0.3) is 0 Å². The maximum absolute atomic E-state index is 13.5. The molecule has 3 atom stereocenters. The van der Waals surface area contributed by atoms with E-state index in [2.05, 4.69) is 0 Å². The van der Waals surface area contributed by atoms with Gasteiger partial charge in [-0.05, 0) is 42.8 Å². The molecular weight excluding hydrogens is 400 g/mol. The number of imide groups is 1. The topological polar surface area (TPSA) is 49.9 Å². The summed E-state index contributed by atoms with van der Waals surface area (Å²) in [6.07, 6.45) is -0.903. The van der Waals surface area contributed by atoms with Crippen molar-refractivity contribution in [3.63, 3.8) is 0 Å². The van der Waals surface area contributed by atoms with Crippen molar-refractivity contribution in [2.24, 2.45) is 5.92 Å². The number of amides is 2. The van der Waals surface area contributed by atoms with E-state index in [0.717, 1.165) is 16.8 Å². The normalized spacial score (nSPS) is 23.2. The molecule has 0 radical (unpaired) electrons. The number of benzene rings is 3. The van der Waals surface area contributed by atoms with Gasteiger partial charge < -0.3 is 0 Å². The van der Waals surface area contributed by atoms with Gasteiger partial charge in [-0.15, -0.1) is 0 Å². The number of carbonyl (C=O) groups excluding carboxylic acids is 2. The van der Waals surface area contributed by atoms with Gasteiger partial charge in [0.1, 0.15) is 5.92 Å². The van der Waals surface area contributed by atoms with Gasteiger partial charge in [-0.1, -0.05) is 65.7 Å². The number of fused-ring (bicyclic) bond motifs is 1. The fraction of sp³-hybridized carbons (Fsp3) is 0.167. The first kappa shape index (κ1) is 18.9. The van der Waals surface area contributed by atoms with Crippen molar-refractivity contribution in [1.29, 1.82) is 0 Å². The van der Waals surface area contributed by atoms with Crippen molar-refractivity contribution in [2.75, 3.05) is 9.96 Å². The molecule has 5 rings (SSSR count). The van der Waals surface area contributed by atoms with Gasteiger partial charge in [0.05, 0.1) is 17.4 Å². The molecule has 30 heavy (non-hydrogen) atoms. The Morgan fingerprint density at radius 3 is 2.17 bits per heavy atom. The minimum absolute atomic E-state index is 0.280. The van der Waals surface area contributed by atoms with Crippen LogP contribution in [0.15, 0.2) is 78.9 Å². The zero-order chi connectivity index (χ0) is 20.8. The monoisotopic (exact) mass is 418 g/mol. The number of hydrogen-bond donors (Lipinski definition) is 0. The number of hydroxylamine groups is 1. The number of halogens is 1. The molecule has 3 aromatic rings. The van der Waals surface area contributed by atoms with Crippen molar-refractivity contribution >= 4 is 34.8 Å². The van der Waals surface area contributed by atoms with Gasteiger partial charge in [-0.2, -0.15) is 0 Å². The van der Waals surface area contributed by atoms with Gasteiger partial charge in [-0.25, -0.2) is 9.96 Å². The summed E-state index contributed by atoms with van der Waals surface area (Å²) in [5.41, 5.74) is 3.12. The second kappa shape index (κ2) is 7.27. The van der Waals surface area contributed by atoms with E-state index in [-0.39, 0.29) is 11.8 Å². The second-order valence-electron chi connectivity index (χ2n) is 7.53. The van der Waals surface area contributed by atoms with Crippen LogP contribution < -0.4 is 9.96 Å². The highest BCUT2D eigenvalue weighted by Crippen LogP contribution is 2.48. The highest BCUT2D eigenvalue weighted by atomic mass is 35.5. The maximum atomic E-state index is 13.5. The summed E-state index contributed by atoms with van der Waals surface area (Å²) in [6, 6.07) is 23.6. The summed E-state index contributed by atoms with van der Waals surface area (Å²) in [6.45, 7) is 1.96. The van der Waals surface area contributed by atoms with E-state index in [1.54, 1.807) is 23.3 Å². The third-order valence-electron chi connectivity index (χ3n) is 5.64. The summed E-state index contributed by atoms with van der Waals surface area (Å²) in [5.74, 6) is -1.33. The Hall–Kier alpha value is -3.15. The number of aryl methyl sites for hydroxylation is 1. The molecule has 0 spiro atoms. The first-order valence-corrected chi connectivity index (χ1v) is 10.1. The average Bonchev–Trinajstić information content (AvgIpc) is 3.26. The Bertz CT molecular complexity index is 1120. The fourth-order valence-electron chi connectivity index (χ4n) is 4.19. The molecule has 150 valence electrons. The van der Waals surface area contributed by atoms with E-state index < -0.39 is 18.1 Å². The van der Waals surface area contributed by atoms with E-state index in [4.69, 9.17) is 16.4 Å². The average molecular weight is 419 g/mol. The molecule has 0 aromatic heterocycles. The highest BCUT2D eigenvalue weighted by molar-refractivity contribution is 6.31. The van der Waals surface area contributed by atoms with E-state index in [1.165, 1.54) is 4.90 Å². The predicted octanol–water partition coefficient (Wildman–Crippen LogP) is 4.70.